The fraction of sp³-hybridized carbons (Fsp3) is 0.667. The van der Waals surface area contributed by atoms with Gasteiger partial charge in [-0.3, -0.25) is 4.99 Å². The maximum absolute atomic E-state index is 4.43. The predicted octanol–water partition coefficient (Wildman–Crippen LogP) is 2.58. The van der Waals surface area contributed by atoms with Crippen molar-refractivity contribution in [1.29, 1.82) is 0 Å². The van der Waals surface area contributed by atoms with E-state index in [0.717, 1.165) is 36.0 Å². The number of aliphatic imine (C=N–C) groups is 1. The minimum absolute atomic E-state index is 0. The summed E-state index contributed by atoms with van der Waals surface area (Å²) in [5.41, 5.74) is 1.15. The molecule has 0 saturated heterocycles. The Morgan fingerprint density at radius 2 is 2.28 bits per heavy atom. The van der Waals surface area contributed by atoms with E-state index in [0.29, 0.717) is 6.04 Å². The maximum atomic E-state index is 4.43. The quantitative estimate of drug-likeness (QED) is 0.468. The van der Waals surface area contributed by atoms with Crippen LogP contribution in [0.3, 0.4) is 0 Å². The molecule has 0 amide bonds. The summed E-state index contributed by atoms with van der Waals surface area (Å²) in [6.45, 7) is 7.20. The SMILES string of the molecule is CCC(C)NC(=NC)NCCc1csc(C)n1.I. The van der Waals surface area contributed by atoms with Gasteiger partial charge in [0.2, 0.25) is 0 Å². The molecule has 1 aromatic heterocycles. The molecule has 1 heterocycles. The number of aryl methyl sites for hydroxylation is 1. The van der Waals surface area contributed by atoms with Crippen LogP contribution in [-0.4, -0.2) is 30.6 Å². The van der Waals surface area contributed by atoms with Crippen molar-refractivity contribution in [2.45, 2.75) is 39.7 Å². The highest BCUT2D eigenvalue weighted by atomic mass is 127. The van der Waals surface area contributed by atoms with Crippen molar-refractivity contribution in [2.75, 3.05) is 13.6 Å². The van der Waals surface area contributed by atoms with Gasteiger partial charge in [-0.25, -0.2) is 4.98 Å². The lowest BCUT2D eigenvalue weighted by Gasteiger charge is -2.16. The van der Waals surface area contributed by atoms with Crippen LogP contribution < -0.4 is 10.6 Å². The van der Waals surface area contributed by atoms with Crippen LogP contribution in [-0.2, 0) is 6.42 Å². The molecule has 0 bridgehead atoms. The molecule has 0 spiro atoms. The van der Waals surface area contributed by atoms with Gasteiger partial charge in [0.1, 0.15) is 0 Å². The van der Waals surface area contributed by atoms with Gasteiger partial charge in [-0.1, -0.05) is 6.92 Å². The molecular weight excluding hydrogens is 359 g/mol. The maximum Gasteiger partial charge on any atom is 0.191 e. The van der Waals surface area contributed by atoms with Crippen molar-refractivity contribution >= 4 is 41.3 Å². The number of hydrogen-bond acceptors (Lipinski definition) is 3. The summed E-state index contributed by atoms with van der Waals surface area (Å²) < 4.78 is 0. The number of nitrogens with zero attached hydrogens (tertiary/aromatic N) is 2. The number of thiazole rings is 1. The molecule has 104 valence electrons. The van der Waals surface area contributed by atoms with Crippen molar-refractivity contribution in [3.63, 3.8) is 0 Å². The highest BCUT2D eigenvalue weighted by Crippen LogP contribution is 2.07. The summed E-state index contributed by atoms with van der Waals surface area (Å²) >= 11 is 1.70. The first-order valence-electron chi connectivity index (χ1n) is 6.04. The normalized spacial score (nSPS) is 12.8. The van der Waals surface area contributed by atoms with E-state index in [9.17, 15) is 0 Å². The minimum Gasteiger partial charge on any atom is -0.356 e. The van der Waals surface area contributed by atoms with Gasteiger partial charge >= 0.3 is 0 Å². The Balaban J connectivity index is 0.00000289. The lowest BCUT2D eigenvalue weighted by atomic mass is 10.3. The molecule has 0 aliphatic rings. The van der Waals surface area contributed by atoms with E-state index in [1.54, 1.807) is 18.4 Å². The van der Waals surface area contributed by atoms with Gasteiger partial charge in [0.05, 0.1) is 10.7 Å². The molecule has 6 heteroatoms. The number of hydrogen-bond donors (Lipinski definition) is 2. The number of nitrogens with one attached hydrogen (secondary N) is 2. The third kappa shape index (κ3) is 6.53. The van der Waals surface area contributed by atoms with E-state index < -0.39 is 0 Å². The Bertz CT molecular complexity index is 365. The Morgan fingerprint density at radius 3 is 2.78 bits per heavy atom. The van der Waals surface area contributed by atoms with Gasteiger partial charge in [0, 0.05) is 31.4 Å². The van der Waals surface area contributed by atoms with E-state index in [4.69, 9.17) is 0 Å². The van der Waals surface area contributed by atoms with E-state index >= 15 is 0 Å². The topological polar surface area (TPSA) is 49.3 Å². The Kier molecular flexibility index (Phi) is 9.35. The van der Waals surface area contributed by atoms with Gasteiger partial charge in [0.25, 0.3) is 0 Å². The van der Waals surface area contributed by atoms with E-state index in [-0.39, 0.29) is 24.0 Å². The highest BCUT2D eigenvalue weighted by Gasteiger charge is 2.03. The lowest BCUT2D eigenvalue weighted by molar-refractivity contribution is 0.623. The molecule has 0 fully saturated rings. The second-order valence-corrected chi connectivity index (χ2v) is 5.12. The van der Waals surface area contributed by atoms with Crippen LogP contribution in [0.5, 0.6) is 0 Å². The van der Waals surface area contributed by atoms with Gasteiger partial charge in [0.15, 0.2) is 5.96 Å². The molecule has 0 aromatic carbocycles. The standard InChI is InChI=1S/C12H22N4S.HI/c1-5-9(2)15-12(13-4)14-7-6-11-8-17-10(3)16-11;/h8-9H,5-7H2,1-4H3,(H2,13,14,15);1H. The Morgan fingerprint density at radius 1 is 1.56 bits per heavy atom. The van der Waals surface area contributed by atoms with Gasteiger partial charge in [-0.05, 0) is 20.3 Å². The summed E-state index contributed by atoms with van der Waals surface area (Å²) in [7, 11) is 1.80. The van der Waals surface area contributed by atoms with E-state index in [2.05, 4.69) is 39.8 Å². The van der Waals surface area contributed by atoms with Crippen LogP contribution in [0.25, 0.3) is 0 Å². The third-order valence-electron chi connectivity index (χ3n) is 2.56. The van der Waals surface area contributed by atoms with Crippen LogP contribution in [0.2, 0.25) is 0 Å². The van der Waals surface area contributed by atoms with E-state index in [1.165, 1.54) is 0 Å². The predicted molar refractivity (Wildman–Crippen MR) is 90.2 cm³/mol. The van der Waals surface area contributed by atoms with Crippen molar-refractivity contribution in [1.82, 2.24) is 15.6 Å². The molecule has 0 aliphatic heterocycles. The Hall–Kier alpha value is -0.370. The molecule has 18 heavy (non-hydrogen) atoms. The van der Waals surface area contributed by atoms with Crippen LogP contribution in [0.1, 0.15) is 31.0 Å². The summed E-state index contributed by atoms with van der Waals surface area (Å²) in [4.78, 5) is 8.62. The summed E-state index contributed by atoms with van der Waals surface area (Å²) in [5.74, 6) is 0.867. The molecule has 0 radical (unpaired) electrons. The summed E-state index contributed by atoms with van der Waals surface area (Å²) in [5, 5.41) is 9.86. The molecule has 1 rings (SSSR count). The molecule has 1 aromatic rings. The molecule has 1 unspecified atom stereocenters. The smallest absolute Gasteiger partial charge is 0.191 e. The van der Waals surface area contributed by atoms with Crippen molar-refractivity contribution in [3.05, 3.63) is 16.1 Å². The first kappa shape index (κ1) is 17.6. The number of guanidine groups is 1. The zero-order chi connectivity index (χ0) is 12.7. The van der Waals surface area contributed by atoms with Crippen LogP contribution >= 0.6 is 35.3 Å². The van der Waals surface area contributed by atoms with Crippen LogP contribution in [0.15, 0.2) is 10.4 Å². The molecule has 4 nitrogen and oxygen atoms in total. The lowest BCUT2D eigenvalue weighted by Crippen LogP contribution is -2.42. The first-order valence-corrected chi connectivity index (χ1v) is 6.91. The third-order valence-corrected chi connectivity index (χ3v) is 3.38. The zero-order valence-electron chi connectivity index (χ0n) is 11.5. The van der Waals surface area contributed by atoms with Gasteiger partial charge in [-0.15, -0.1) is 35.3 Å². The average Bonchev–Trinajstić information content (AvgIpc) is 2.73. The summed E-state index contributed by atoms with van der Waals surface area (Å²) in [6.07, 6.45) is 2.03. The molecule has 0 aliphatic carbocycles. The second-order valence-electron chi connectivity index (χ2n) is 4.06. The molecule has 1 atom stereocenters. The van der Waals surface area contributed by atoms with Crippen LogP contribution in [0.4, 0.5) is 0 Å². The fourth-order valence-electron chi connectivity index (χ4n) is 1.36. The minimum atomic E-state index is 0. The summed E-state index contributed by atoms with van der Waals surface area (Å²) in [6, 6.07) is 0.447. The van der Waals surface area contributed by atoms with Crippen molar-refractivity contribution in [3.8, 4) is 0 Å². The number of halogens is 1. The first-order chi connectivity index (χ1) is 8.15. The Labute approximate surface area is 131 Å². The van der Waals surface area contributed by atoms with Crippen molar-refractivity contribution < 1.29 is 0 Å². The van der Waals surface area contributed by atoms with Crippen molar-refractivity contribution in [2.24, 2.45) is 4.99 Å². The average molecular weight is 382 g/mol. The fourth-order valence-corrected chi connectivity index (χ4v) is 2.01. The molecule has 2 N–H and O–H groups in total. The molecule has 0 saturated carbocycles. The van der Waals surface area contributed by atoms with Crippen LogP contribution in [0, 0.1) is 6.92 Å². The van der Waals surface area contributed by atoms with E-state index in [1.807, 2.05) is 6.92 Å². The highest BCUT2D eigenvalue weighted by molar-refractivity contribution is 14.0. The number of aromatic nitrogens is 1. The van der Waals surface area contributed by atoms with Gasteiger partial charge < -0.3 is 10.6 Å². The number of rotatable bonds is 5. The van der Waals surface area contributed by atoms with Gasteiger partial charge in [-0.2, -0.15) is 0 Å². The largest absolute Gasteiger partial charge is 0.356 e. The zero-order valence-corrected chi connectivity index (χ0v) is 14.6. The second kappa shape index (κ2) is 9.55. The monoisotopic (exact) mass is 382 g/mol. The molecular formula is C12H23IN4S.